The Bertz CT molecular complexity index is 1080. The molecule has 1 aromatic carbocycles. The molecule has 3 aromatic rings. The maximum atomic E-state index is 9.38. The number of methoxy groups -OCH3 is 1. The van der Waals surface area contributed by atoms with Crippen molar-refractivity contribution in [3.05, 3.63) is 35.5 Å². The van der Waals surface area contributed by atoms with Crippen LogP contribution in [0.5, 0.6) is 5.75 Å². The van der Waals surface area contributed by atoms with Gasteiger partial charge in [0.25, 0.3) is 0 Å². The van der Waals surface area contributed by atoms with Crippen LogP contribution < -0.4 is 15.8 Å². The summed E-state index contributed by atoms with van der Waals surface area (Å²) in [6.07, 6.45) is 7.71. The van der Waals surface area contributed by atoms with Crippen LogP contribution in [0.3, 0.4) is 0 Å². The van der Waals surface area contributed by atoms with Crippen molar-refractivity contribution in [2.75, 3.05) is 38.0 Å². The van der Waals surface area contributed by atoms with Crippen LogP contribution in [0.25, 0.3) is 11.0 Å². The molecule has 1 unspecified atom stereocenters. The van der Waals surface area contributed by atoms with Gasteiger partial charge in [0.2, 0.25) is 5.95 Å². The average Bonchev–Trinajstić information content (AvgIpc) is 3.26. The van der Waals surface area contributed by atoms with Crippen LogP contribution in [-0.4, -0.2) is 57.8 Å². The fourth-order valence-corrected chi connectivity index (χ4v) is 4.61. The van der Waals surface area contributed by atoms with Crippen molar-refractivity contribution < 1.29 is 14.6 Å². The number of aromatic nitrogens is 4. The Labute approximate surface area is 200 Å². The summed E-state index contributed by atoms with van der Waals surface area (Å²) in [6.45, 7) is 4.46. The van der Waals surface area contributed by atoms with Gasteiger partial charge in [-0.2, -0.15) is 10.1 Å². The second-order valence-electron chi connectivity index (χ2n) is 8.97. The molecular weight excluding hydrogens is 432 g/mol. The monoisotopic (exact) mass is 468 g/mol. The number of nitrogen functional groups attached to an aromatic ring is 1. The first-order valence-corrected chi connectivity index (χ1v) is 12.2. The number of fused-ring (bicyclic) bond motifs is 1. The molecule has 0 bridgehead atoms. The van der Waals surface area contributed by atoms with Crippen molar-refractivity contribution in [2.45, 2.75) is 58.0 Å². The third-order valence-electron chi connectivity index (χ3n) is 6.67. The molecule has 184 valence electrons. The van der Waals surface area contributed by atoms with E-state index >= 15 is 0 Å². The number of benzene rings is 1. The Hall–Kier alpha value is -2.91. The average molecular weight is 469 g/mol. The van der Waals surface area contributed by atoms with E-state index in [1.165, 1.54) is 12.0 Å². The molecule has 2 aromatic heterocycles. The van der Waals surface area contributed by atoms with E-state index in [2.05, 4.69) is 45.5 Å². The van der Waals surface area contributed by atoms with Crippen LogP contribution in [0, 0.1) is 5.92 Å². The maximum Gasteiger partial charge on any atom is 0.222 e. The predicted molar refractivity (Wildman–Crippen MR) is 133 cm³/mol. The van der Waals surface area contributed by atoms with Crippen LogP contribution >= 0.6 is 0 Å². The molecule has 4 rings (SSSR count). The number of aliphatic hydroxyl groups is 1. The molecule has 1 aliphatic heterocycles. The predicted octanol–water partition coefficient (Wildman–Crippen LogP) is 3.40. The Kier molecular flexibility index (Phi) is 8.18. The van der Waals surface area contributed by atoms with Gasteiger partial charge in [-0.1, -0.05) is 19.1 Å². The number of hydrogen-bond donors (Lipinski definition) is 3. The minimum atomic E-state index is 0.0791. The van der Waals surface area contributed by atoms with E-state index in [0.717, 1.165) is 61.6 Å². The summed E-state index contributed by atoms with van der Waals surface area (Å²) in [5.74, 6) is 2.42. The van der Waals surface area contributed by atoms with Crippen LogP contribution in [0.2, 0.25) is 0 Å². The molecule has 1 fully saturated rings. The quantitative estimate of drug-likeness (QED) is 0.392. The van der Waals surface area contributed by atoms with Crippen molar-refractivity contribution >= 4 is 22.8 Å². The molecule has 0 saturated carbocycles. The zero-order valence-electron chi connectivity index (χ0n) is 20.2. The van der Waals surface area contributed by atoms with E-state index in [1.54, 1.807) is 13.3 Å². The molecule has 1 aliphatic rings. The number of aliphatic hydroxyl groups excluding tert-OH is 1. The van der Waals surface area contributed by atoms with Crippen LogP contribution in [0.1, 0.15) is 50.2 Å². The Morgan fingerprint density at radius 3 is 2.85 bits per heavy atom. The van der Waals surface area contributed by atoms with Crippen molar-refractivity contribution in [1.82, 2.24) is 19.7 Å². The third kappa shape index (κ3) is 5.77. The highest BCUT2D eigenvalue weighted by molar-refractivity contribution is 5.86. The minimum Gasteiger partial charge on any atom is -0.496 e. The zero-order chi connectivity index (χ0) is 23.9. The lowest BCUT2D eigenvalue weighted by atomic mass is 9.92. The van der Waals surface area contributed by atoms with E-state index in [1.807, 2.05) is 4.68 Å². The number of nitrogens with one attached hydrogen (secondary N) is 1. The second-order valence-corrected chi connectivity index (χ2v) is 8.97. The third-order valence-corrected chi connectivity index (χ3v) is 6.67. The van der Waals surface area contributed by atoms with Crippen molar-refractivity contribution in [1.29, 1.82) is 0 Å². The lowest BCUT2D eigenvalue weighted by Gasteiger charge is -2.22. The standard InChI is InChI=1S/C25H36N6O3/c1-3-20(8-11-32)28-24-23-21(29-25(26)30-24)15-27-31(23)16-19-7-6-18(14-22(19)33-2)5-4-17-9-12-34-13-10-17/h6-7,14-15,17,20,32H,3-5,8-13,16H2,1-2H3,(H3,26,28,29,30). The Morgan fingerprint density at radius 2 is 2.12 bits per heavy atom. The van der Waals surface area contributed by atoms with Gasteiger partial charge in [-0.3, -0.25) is 4.68 Å². The summed E-state index contributed by atoms with van der Waals surface area (Å²) in [7, 11) is 1.71. The van der Waals surface area contributed by atoms with Gasteiger partial charge in [0.1, 0.15) is 16.8 Å². The van der Waals surface area contributed by atoms with E-state index in [0.29, 0.717) is 24.3 Å². The number of ether oxygens (including phenoxy) is 2. The van der Waals surface area contributed by atoms with E-state index in [4.69, 9.17) is 15.2 Å². The second kappa shape index (κ2) is 11.5. The fraction of sp³-hybridized carbons (Fsp3) is 0.560. The smallest absolute Gasteiger partial charge is 0.222 e. The summed E-state index contributed by atoms with van der Waals surface area (Å²) in [4.78, 5) is 8.80. The van der Waals surface area contributed by atoms with Gasteiger partial charge in [-0.15, -0.1) is 0 Å². The van der Waals surface area contributed by atoms with Gasteiger partial charge in [0, 0.05) is 31.4 Å². The topological polar surface area (TPSA) is 120 Å². The van der Waals surface area contributed by atoms with Crippen LogP contribution in [0.4, 0.5) is 11.8 Å². The van der Waals surface area contributed by atoms with Crippen LogP contribution in [-0.2, 0) is 17.7 Å². The van der Waals surface area contributed by atoms with Gasteiger partial charge < -0.3 is 25.6 Å². The summed E-state index contributed by atoms with van der Waals surface area (Å²) >= 11 is 0. The Morgan fingerprint density at radius 1 is 1.29 bits per heavy atom. The molecule has 0 spiro atoms. The lowest BCUT2D eigenvalue weighted by molar-refractivity contribution is 0.0640. The number of rotatable bonds is 11. The summed E-state index contributed by atoms with van der Waals surface area (Å²) < 4.78 is 13.1. The first-order valence-electron chi connectivity index (χ1n) is 12.2. The van der Waals surface area contributed by atoms with Gasteiger partial charge in [0.05, 0.1) is 19.9 Å². The first-order chi connectivity index (χ1) is 16.6. The van der Waals surface area contributed by atoms with Gasteiger partial charge >= 0.3 is 0 Å². The first kappa shape index (κ1) is 24.2. The number of aryl methyl sites for hydroxylation is 1. The largest absolute Gasteiger partial charge is 0.496 e. The summed E-state index contributed by atoms with van der Waals surface area (Å²) in [5.41, 5.74) is 9.73. The maximum absolute atomic E-state index is 9.38. The van der Waals surface area contributed by atoms with Gasteiger partial charge in [-0.05, 0) is 56.1 Å². The molecule has 0 amide bonds. The molecule has 3 heterocycles. The molecule has 0 aliphatic carbocycles. The van der Waals surface area contributed by atoms with Crippen molar-refractivity contribution in [3.8, 4) is 5.75 Å². The summed E-state index contributed by atoms with van der Waals surface area (Å²) in [5, 5.41) is 17.4. The minimum absolute atomic E-state index is 0.0791. The van der Waals surface area contributed by atoms with Gasteiger partial charge in [0.15, 0.2) is 5.82 Å². The molecule has 9 heteroatoms. The van der Waals surface area contributed by atoms with Gasteiger partial charge in [-0.25, -0.2) is 4.98 Å². The van der Waals surface area contributed by atoms with Crippen molar-refractivity contribution in [2.24, 2.45) is 5.92 Å². The molecule has 0 radical (unpaired) electrons. The molecule has 4 N–H and O–H groups in total. The highest BCUT2D eigenvalue weighted by atomic mass is 16.5. The van der Waals surface area contributed by atoms with E-state index < -0.39 is 0 Å². The molecule has 34 heavy (non-hydrogen) atoms. The number of nitrogens with zero attached hydrogens (tertiary/aromatic N) is 4. The molecule has 1 saturated heterocycles. The fourth-order valence-electron chi connectivity index (χ4n) is 4.61. The van der Waals surface area contributed by atoms with E-state index in [9.17, 15) is 5.11 Å². The van der Waals surface area contributed by atoms with Crippen LogP contribution in [0.15, 0.2) is 24.4 Å². The molecular formula is C25H36N6O3. The lowest BCUT2D eigenvalue weighted by Crippen LogP contribution is -2.21. The number of hydrogen-bond acceptors (Lipinski definition) is 8. The highest BCUT2D eigenvalue weighted by Crippen LogP contribution is 2.28. The number of nitrogens with two attached hydrogens (primary N) is 1. The molecule has 9 nitrogen and oxygen atoms in total. The SMILES string of the molecule is CCC(CCO)Nc1nc(N)nc2cnn(Cc3ccc(CCC4CCOCC4)cc3OC)c12. The normalized spacial score (nSPS) is 15.5. The zero-order valence-corrected chi connectivity index (χ0v) is 20.2. The summed E-state index contributed by atoms with van der Waals surface area (Å²) in [6, 6.07) is 6.53. The highest BCUT2D eigenvalue weighted by Gasteiger charge is 2.18. The van der Waals surface area contributed by atoms with Crippen molar-refractivity contribution in [3.63, 3.8) is 0 Å². The Balaban J connectivity index is 1.55. The molecule has 1 atom stereocenters. The van der Waals surface area contributed by atoms with E-state index in [-0.39, 0.29) is 18.6 Å². The number of anilines is 2.